The molecule has 0 amide bonds. The number of aliphatic hydroxyl groups excluding tert-OH is 1. The minimum Gasteiger partial charge on any atom is -0.796 e. The summed E-state index contributed by atoms with van der Waals surface area (Å²) in [6, 6.07) is 0. The Labute approximate surface area is 107 Å². The molecular formula is C4H10NaO9P. The van der Waals surface area contributed by atoms with Crippen LogP contribution in [0.5, 0.6) is 0 Å². The van der Waals surface area contributed by atoms with E-state index >= 15 is 0 Å². The van der Waals surface area contributed by atoms with Crippen molar-refractivity contribution >= 4 is 7.37 Å². The van der Waals surface area contributed by atoms with Crippen LogP contribution in [0.2, 0.25) is 0 Å². The van der Waals surface area contributed by atoms with Gasteiger partial charge in [0.2, 0.25) is 0 Å². The van der Waals surface area contributed by atoms with E-state index < -0.39 is 32.3 Å². The third-order valence-electron chi connectivity index (χ3n) is 1.38. The molecule has 0 spiro atoms. The van der Waals surface area contributed by atoms with Crippen LogP contribution in [-0.4, -0.2) is 45.8 Å². The molecule has 0 heterocycles. The van der Waals surface area contributed by atoms with E-state index in [0.717, 1.165) is 0 Å². The summed E-state index contributed by atoms with van der Waals surface area (Å²) >= 11 is 0. The molecule has 15 heavy (non-hydrogen) atoms. The maximum absolute atomic E-state index is 11.2. The maximum Gasteiger partial charge on any atom is 1.00 e. The number of rotatable bonds is 7. The Morgan fingerprint density at radius 2 is 1.67 bits per heavy atom. The van der Waals surface area contributed by atoms with E-state index in [4.69, 9.17) is 20.9 Å². The summed E-state index contributed by atoms with van der Waals surface area (Å²) in [5.41, 5.74) is 0. The van der Waals surface area contributed by atoms with Gasteiger partial charge in [0, 0.05) is 0 Å². The molecule has 9 nitrogen and oxygen atoms in total. The van der Waals surface area contributed by atoms with Crippen molar-refractivity contribution in [1.29, 1.82) is 0 Å². The average Bonchev–Trinajstić information content (AvgIpc) is 2.14. The van der Waals surface area contributed by atoms with Crippen LogP contribution in [-0.2, 0) is 19.2 Å². The summed E-state index contributed by atoms with van der Waals surface area (Å²) in [5.74, 6) is -4.03. The van der Waals surface area contributed by atoms with Gasteiger partial charge < -0.3 is 14.6 Å². The SMILES string of the molecule is O=P([O-])(C(O)COO)C(COO)OO.[Na+]. The summed E-state index contributed by atoms with van der Waals surface area (Å²) < 4.78 is 11.2. The molecule has 0 saturated heterocycles. The van der Waals surface area contributed by atoms with Crippen LogP contribution in [0.1, 0.15) is 0 Å². The number of aliphatic hydroxyl groups is 1. The van der Waals surface area contributed by atoms with E-state index in [1.165, 1.54) is 0 Å². The van der Waals surface area contributed by atoms with Crippen molar-refractivity contribution in [1.82, 2.24) is 0 Å². The monoisotopic (exact) mass is 256 g/mol. The van der Waals surface area contributed by atoms with Crippen molar-refractivity contribution in [2.75, 3.05) is 13.2 Å². The van der Waals surface area contributed by atoms with Crippen LogP contribution in [0.3, 0.4) is 0 Å². The summed E-state index contributed by atoms with van der Waals surface area (Å²) in [6.45, 7) is -1.80. The van der Waals surface area contributed by atoms with Gasteiger partial charge in [-0.2, -0.15) is 0 Å². The van der Waals surface area contributed by atoms with E-state index in [1.807, 2.05) is 0 Å². The van der Waals surface area contributed by atoms with Gasteiger partial charge in [0.25, 0.3) is 0 Å². The molecule has 0 bridgehead atoms. The van der Waals surface area contributed by atoms with Crippen molar-refractivity contribution in [3.05, 3.63) is 0 Å². The second-order valence-electron chi connectivity index (χ2n) is 2.28. The molecule has 0 rings (SSSR count). The van der Waals surface area contributed by atoms with Gasteiger partial charge in [0.1, 0.15) is 19.1 Å². The molecule has 86 valence electrons. The van der Waals surface area contributed by atoms with Crippen molar-refractivity contribution in [3.63, 3.8) is 0 Å². The topological polar surface area (TPSA) is 149 Å². The molecule has 0 aliphatic carbocycles. The Kier molecular flexibility index (Phi) is 11.0. The van der Waals surface area contributed by atoms with Crippen molar-refractivity contribution in [2.24, 2.45) is 0 Å². The van der Waals surface area contributed by atoms with Crippen LogP contribution in [0.25, 0.3) is 0 Å². The first kappa shape index (κ1) is 18.3. The zero-order chi connectivity index (χ0) is 11.2. The van der Waals surface area contributed by atoms with Crippen molar-refractivity contribution in [2.45, 2.75) is 11.7 Å². The molecule has 0 saturated carbocycles. The molecule has 0 fully saturated rings. The first-order valence-corrected chi connectivity index (χ1v) is 5.08. The van der Waals surface area contributed by atoms with Crippen LogP contribution < -0.4 is 34.5 Å². The smallest absolute Gasteiger partial charge is 0.796 e. The normalized spacial score (nSPS) is 18.7. The Morgan fingerprint density at radius 3 is 2.00 bits per heavy atom. The fourth-order valence-electron chi connectivity index (χ4n) is 0.626. The van der Waals surface area contributed by atoms with Crippen LogP contribution in [0.15, 0.2) is 0 Å². The summed E-state index contributed by atoms with van der Waals surface area (Å²) in [5, 5.41) is 32.9. The van der Waals surface area contributed by atoms with E-state index in [2.05, 4.69) is 14.7 Å². The molecule has 3 unspecified atom stereocenters. The molecule has 0 aromatic carbocycles. The van der Waals surface area contributed by atoms with E-state index in [0.29, 0.717) is 0 Å². The third-order valence-corrected chi connectivity index (χ3v) is 3.41. The van der Waals surface area contributed by atoms with Gasteiger partial charge in [0.15, 0.2) is 5.85 Å². The Morgan fingerprint density at radius 1 is 1.20 bits per heavy atom. The molecule has 3 atom stereocenters. The van der Waals surface area contributed by atoms with Gasteiger partial charge in [-0.1, -0.05) is 0 Å². The second-order valence-corrected chi connectivity index (χ2v) is 4.74. The van der Waals surface area contributed by atoms with Crippen molar-refractivity contribution < 1.29 is 74.6 Å². The van der Waals surface area contributed by atoms with E-state index in [-0.39, 0.29) is 29.6 Å². The Bertz CT molecular complexity index is 201. The molecule has 11 heteroatoms. The maximum atomic E-state index is 11.2. The average molecular weight is 256 g/mol. The zero-order valence-corrected chi connectivity index (χ0v) is 10.7. The first-order valence-electron chi connectivity index (χ1n) is 3.32. The Hall–Kier alpha value is 0.910. The van der Waals surface area contributed by atoms with E-state index in [9.17, 15) is 9.46 Å². The zero-order valence-electron chi connectivity index (χ0n) is 7.85. The van der Waals surface area contributed by atoms with Crippen LogP contribution >= 0.6 is 7.37 Å². The van der Waals surface area contributed by atoms with Gasteiger partial charge in [-0.25, -0.2) is 14.7 Å². The predicted octanol–water partition coefficient (Wildman–Crippen LogP) is -4.26. The van der Waals surface area contributed by atoms with Gasteiger partial charge in [-0.05, 0) is 0 Å². The van der Waals surface area contributed by atoms with Gasteiger partial charge in [-0.3, -0.25) is 15.8 Å². The fourth-order valence-corrected chi connectivity index (χ4v) is 1.69. The molecule has 4 N–H and O–H groups in total. The second kappa shape index (κ2) is 8.99. The quantitative estimate of drug-likeness (QED) is 0.154. The van der Waals surface area contributed by atoms with E-state index in [1.54, 1.807) is 0 Å². The molecule has 0 radical (unpaired) electrons. The summed E-state index contributed by atoms with van der Waals surface area (Å²) in [4.78, 5) is 21.5. The molecule has 0 aliphatic heterocycles. The molecule has 0 aromatic heterocycles. The van der Waals surface area contributed by atoms with Gasteiger partial charge in [-0.15, -0.1) is 0 Å². The number of hydrogen-bond donors (Lipinski definition) is 4. The molecule has 0 aliphatic rings. The van der Waals surface area contributed by atoms with Crippen LogP contribution in [0, 0.1) is 0 Å². The largest absolute Gasteiger partial charge is 1.00 e. The van der Waals surface area contributed by atoms with Crippen molar-refractivity contribution in [3.8, 4) is 0 Å². The minimum atomic E-state index is -4.66. The first-order chi connectivity index (χ1) is 6.50. The molecular weight excluding hydrogens is 246 g/mol. The van der Waals surface area contributed by atoms with Gasteiger partial charge >= 0.3 is 29.6 Å². The van der Waals surface area contributed by atoms with Gasteiger partial charge in [0.05, 0.1) is 7.37 Å². The van der Waals surface area contributed by atoms with Crippen LogP contribution in [0.4, 0.5) is 0 Å². The minimum absolute atomic E-state index is 0. The predicted molar refractivity (Wildman–Crippen MR) is 38.3 cm³/mol. The Balaban J connectivity index is 0. The third kappa shape index (κ3) is 5.68. The summed E-state index contributed by atoms with van der Waals surface area (Å²) in [6.07, 6.45) is 0. The number of hydrogen-bond acceptors (Lipinski definition) is 9. The molecule has 0 aromatic rings. The standard InChI is InChI=1S/C4H11O9P.Na/c5-3(1-11-6)14(9,10)4(13-8)2-12-7;/h3-8H,1-2H2,(H,9,10);/q;+1/p-1. The fraction of sp³-hybridized carbons (Fsp3) is 1.00. The summed E-state index contributed by atoms with van der Waals surface area (Å²) in [7, 11) is -4.66.